The highest BCUT2D eigenvalue weighted by Crippen LogP contribution is 2.21. The summed E-state index contributed by atoms with van der Waals surface area (Å²) < 4.78 is 5.99. The molecule has 1 nitrogen and oxygen atoms in total. The van der Waals surface area contributed by atoms with E-state index in [1.165, 1.54) is 69.8 Å². The van der Waals surface area contributed by atoms with Crippen molar-refractivity contribution >= 4 is 0 Å². The molecule has 1 heteroatoms. The van der Waals surface area contributed by atoms with Crippen LogP contribution in [0.15, 0.2) is 30.3 Å². The van der Waals surface area contributed by atoms with E-state index in [-0.39, 0.29) is 6.10 Å². The summed E-state index contributed by atoms with van der Waals surface area (Å²) in [6.07, 6.45) is 14.7. The van der Waals surface area contributed by atoms with Gasteiger partial charge in [-0.25, -0.2) is 0 Å². The standard InChI is InChI=1S/C21H35O/c1-3-5-6-7-8-9-10-11-12-16-19-22-21(4-2)20-17-14-13-15-18-20/h13-15,17-18,21H,2-12,16,19H2,1H3. The molecule has 0 bridgehead atoms. The average Bonchev–Trinajstić information content (AvgIpc) is 2.57. The Morgan fingerprint density at radius 2 is 1.36 bits per heavy atom. The minimum Gasteiger partial charge on any atom is -0.374 e. The van der Waals surface area contributed by atoms with Gasteiger partial charge in [0.1, 0.15) is 0 Å². The lowest BCUT2D eigenvalue weighted by atomic mass is 10.1. The van der Waals surface area contributed by atoms with Crippen LogP contribution in [0.3, 0.4) is 0 Å². The van der Waals surface area contributed by atoms with E-state index < -0.39 is 0 Å². The molecule has 0 N–H and O–H groups in total. The third kappa shape index (κ3) is 9.25. The van der Waals surface area contributed by atoms with Crippen LogP contribution in [0, 0.1) is 6.92 Å². The Morgan fingerprint density at radius 1 is 0.818 bits per heavy atom. The van der Waals surface area contributed by atoms with Gasteiger partial charge in [0.2, 0.25) is 0 Å². The van der Waals surface area contributed by atoms with Crippen molar-refractivity contribution in [3.8, 4) is 0 Å². The summed E-state index contributed by atoms with van der Waals surface area (Å²) in [7, 11) is 0. The van der Waals surface area contributed by atoms with E-state index in [1.807, 2.05) is 6.07 Å². The van der Waals surface area contributed by atoms with Crippen molar-refractivity contribution in [1.82, 2.24) is 0 Å². The second kappa shape index (κ2) is 13.8. The summed E-state index contributed by atoms with van der Waals surface area (Å²) in [6.45, 7) is 7.15. The fourth-order valence-electron chi connectivity index (χ4n) is 2.83. The SMILES string of the molecule is [CH2]CC(OCCCCCCCCCCCC)c1ccccc1. The third-order valence-corrected chi connectivity index (χ3v) is 4.25. The quantitative estimate of drug-likeness (QED) is 0.340. The highest BCUT2D eigenvalue weighted by Gasteiger charge is 2.08. The molecule has 1 unspecified atom stereocenters. The van der Waals surface area contributed by atoms with Gasteiger partial charge in [0.25, 0.3) is 0 Å². The summed E-state index contributed by atoms with van der Waals surface area (Å²) in [5, 5.41) is 0. The third-order valence-electron chi connectivity index (χ3n) is 4.25. The molecule has 1 rings (SSSR count). The molecule has 0 aliphatic rings. The van der Waals surface area contributed by atoms with Crippen molar-refractivity contribution in [2.24, 2.45) is 0 Å². The molecule has 0 spiro atoms. The Kier molecular flexibility index (Phi) is 12.1. The first-order valence-electron chi connectivity index (χ1n) is 9.34. The lowest BCUT2D eigenvalue weighted by molar-refractivity contribution is 0.0514. The van der Waals surface area contributed by atoms with E-state index in [2.05, 4.69) is 38.1 Å². The minimum atomic E-state index is 0.166. The molecule has 0 amide bonds. The molecular formula is C21H35O. The van der Waals surface area contributed by atoms with E-state index in [9.17, 15) is 0 Å². The van der Waals surface area contributed by atoms with E-state index >= 15 is 0 Å². The molecule has 1 radical (unpaired) electrons. The van der Waals surface area contributed by atoms with Gasteiger partial charge in [0.05, 0.1) is 6.10 Å². The Labute approximate surface area is 138 Å². The van der Waals surface area contributed by atoms with Crippen LogP contribution < -0.4 is 0 Å². The van der Waals surface area contributed by atoms with Crippen LogP contribution in [0.1, 0.15) is 89.2 Å². The Balaban J connectivity index is 1.94. The molecular weight excluding hydrogens is 268 g/mol. The highest BCUT2D eigenvalue weighted by molar-refractivity contribution is 5.17. The molecule has 1 aromatic rings. The van der Waals surface area contributed by atoms with Gasteiger partial charge in [0.15, 0.2) is 0 Å². The molecule has 0 aromatic heterocycles. The number of unbranched alkanes of at least 4 members (excludes halogenated alkanes) is 9. The zero-order valence-corrected chi connectivity index (χ0v) is 14.6. The van der Waals surface area contributed by atoms with E-state index in [0.717, 1.165) is 13.0 Å². The Bertz CT molecular complexity index is 333. The number of hydrogen-bond acceptors (Lipinski definition) is 1. The van der Waals surface area contributed by atoms with Crippen molar-refractivity contribution in [3.05, 3.63) is 42.8 Å². The second-order valence-corrected chi connectivity index (χ2v) is 6.24. The van der Waals surface area contributed by atoms with E-state index in [0.29, 0.717) is 0 Å². The van der Waals surface area contributed by atoms with Gasteiger partial charge in [-0.15, -0.1) is 0 Å². The van der Waals surface area contributed by atoms with Crippen LogP contribution in [0.25, 0.3) is 0 Å². The monoisotopic (exact) mass is 303 g/mol. The summed E-state index contributed by atoms with van der Waals surface area (Å²) >= 11 is 0. The van der Waals surface area contributed by atoms with Crippen LogP contribution in [-0.4, -0.2) is 6.61 Å². The molecule has 0 fully saturated rings. The topological polar surface area (TPSA) is 9.23 Å². The van der Waals surface area contributed by atoms with E-state index in [1.54, 1.807) is 0 Å². The zero-order chi connectivity index (χ0) is 15.9. The number of rotatable bonds is 14. The Morgan fingerprint density at radius 3 is 1.91 bits per heavy atom. The van der Waals surface area contributed by atoms with Crippen molar-refractivity contribution < 1.29 is 4.74 Å². The highest BCUT2D eigenvalue weighted by atomic mass is 16.5. The lowest BCUT2D eigenvalue weighted by Gasteiger charge is -2.16. The fourth-order valence-corrected chi connectivity index (χ4v) is 2.83. The molecule has 0 heterocycles. The number of ether oxygens (including phenoxy) is 1. The summed E-state index contributed by atoms with van der Waals surface area (Å²) in [4.78, 5) is 0. The normalized spacial score (nSPS) is 12.5. The van der Waals surface area contributed by atoms with Crippen LogP contribution >= 0.6 is 0 Å². The molecule has 0 aliphatic heterocycles. The van der Waals surface area contributed by atoms with Crippen molar-refractivity contribution in [2.45, 2.75) is 83.7 Å². The van der Waals surface area contributed by atoms with Crippen LogP contribution in [-0.2, 0) is 4.74 Å². The molecule has 22 heavy (non-hydrogen) atoms. The summed E-state index contributed by atoms with van der Waals surface area (Å²) in [6, 6.07) is 10.5. The van der Waals surface area contributed by atoms with Gasteiger partial charge in [-0.3, -0.25) is 0 Å². The van der Waals surface area contributed by atoms with Crippen LogP contribution in [0.2, 0.25) is 0 Å². The fraction of sp³-hybridized carbons (Fsp3) is 0.667. The maximum absolute atomic E-state index is 5.99. The van der Waals surface area contributed by atoms with Gasteiger partial charge in [0, 0.05) is 6.61 Å². The molecule has 1 aromatic carbocycles. The van der Waals surface area contributed by atoms with Crippen molar-refractivity contribution in [2.75, 3.05) is 6.61 Å². The van der Waals surface area contributed by atoms with Gasteiger partial charge in [-0.1, -0.05) is 102 Å². The number of benzene rings is 1. The molecule has 125 valence electrons. The first-order chi connectivity index (χ1) is 10.9. The summed E-state index contributed by atoms with van der Waals surface area (Å²) in [5.41, 5.74) is 1.25. The van der Waals surface area contributed by atoms with Crippen molar-refractivity contribution in [1.29, 1.82) is 0 Å². The predicted molar refractivity (Wildman–Crippen MR) is 97.0 cm³/mol. The average molecular weight is 304 g/mol. The largest absolute Gasteiger partial charge is 0.374 e. The first-order valence-corrected chi connectivity index (χ1v) is 9.34. The van der Waals surface area contributed by atoms with Gasteiger partial charge in [-0.2, -0.15) is 0 Å². The maximum atomic E-state index is 5.99. The smallest absolute Gasteiger partial charge is 0.0824 e. The Hall–Kier alpha value is -0.820. The minimum absolute atomic E-state index is 0.166. The molecule has 0 aliphatic carbocycles. The van der Waals surface area contributed by atoms with Gasteiger partial charge in [-0.05, 0) is 18.4 Å². The molecule has 0 saturated heterocycles. The molecule has 1 atom stereocenters. The molecule has 0 saturated carbocycles. The zero-order valence-electron chi connectivity index (χ0n) is 14.6. The number of hydrogen-bond donors (Lipinski definition) is 0. The summed E-state index contributed by atoms with van der Waals surface area (Å²) in [5.74, 6) is 0. The second-order valence-electron chi connectivity index (χ2n) is 6.24. The van der Waals surface area contributed by atoms with Crippen LogP contribution in [0.5, 0.6) is 0 Å². The van der Waals surface area contributed by atoms with Crippen LogP contribution in [0.4, 0.5) is 0 Å². The van der Waals surface area contributed by atoms with Gasteiger partial charge < -0.3 is 4.74 Å². The first kappa shape index (κ1) is 19.2. The maximum Gasteiger partial charge on any atom is 0.0824 e. The van der Waals surface area contributed by atoms with Gasteiger partial charge >= 0.3 is 0 Å². The van der Waals surface area contributed by atoms with Crippen molar-refractivity contribution in [3.63, 3.8) is 0 Å². The van der Waals surface area contributed by atoms with E-state index in [4.69, 9.17) is 4.74 Å². The lowest BCUT2D eigenvalue weighted by Crippen LogP contribution is -2.04. The predicted octanol–water partition coefficient (Wildman–Crippen LogP) is 6.89.